The fourth-order valence-electron chi connectivity index (χ4n) is 3.19. The van der Waals surface area contributed by atoms with Crippen LogP contribution in [0.3, 0.4) is 0 Å². The normalized spacial score (nSPS) is 11.7. The van der Waals surface area contributed by atoms with Crippen molar-refractivity contribution in [2.24, 2.45) is 5.10 Å². The summed E-state index contributed by atoms with van der Waals surface area (Å²) in [6.07, 6.45) is 3.15. The highest BCUT2D eigenvalue weighted by molar-refractivity contribution is 6.03. The minimum absolute atomic E-state index is 0.173. The summed E-state index contributed by atoms with van der Waals surface area (Å²) in [7, 11) is 0. The zero-order valence-electron chi connectivity index (χ0n) is 14.1. The van der Waals surface area contributed by atoms with Gasteiger partial charge in [-0.1, -0.05) is 54.6 Å². The minimum atomic E-state index is 0.173. The van der Waals surface area contributed by atoms with Crippen molar-refractivity contribution in [3.05, 3.63) is 72.6 Å². The van der Waals surface area contributed by atoms with Crippen LogP contribution in [-0.4, -0.2) is 31.1 Å². The molecule has 130 valence electrons. The summed E-state index contributed by atoms with van der Waals surface area (Å²) in [5, 5.41) is 30.8. The first-order chi connectivity index (χ1) is 13.3. The van der Waals surface area contributed by atoms with E-state index >= 15 is 0 Å². The van der Waals surface area contributed by atoms with Gasteiger partial charge in [0.15, 0.2) is 11.5 Å². The molecule has 0 atom stereocenters. The molecule has 0 fully saturated rings. The Kier molecular flexibility index (Phi) is 3.43. The Bertz CT molecular complexity index is 1320. The molecule has 0 aliphatic heterocycles. The van der Waals surface area contributed by atoms with Gasteiger partial charge < -0.3 is 5.11 Å². The molecule has 2 aromatic heterocycles. The third-order valence-electron chi connectivity index (χ3n) is 4.47. The van der Waals surface area contributed by atoms with E-state index in [0.717, 1.165) is 21.5 Å². The van der Waals surface area contributed by atoms with E-state index in [4.69, 9.17) is 0 Å². The number of aromatic nitrogens is 4. The number of aromatic hydroxyl groups is 1. The summed E-state index contributed by atoms with van der Waals surface area (Å²) in [6, 6.07) is 19.2. The lowest BCUT2D eigenvalue weighted by Crippen LogP contribution is -2.00. The van der Waals surface area contributed by atoms with E-state index in [1.165, 1.54) is 0 Å². The number of hydrazone groups is 1. The van der Waals surface area contributed by atoms with Crippen LogP contribution in [0.5, 0.6) is 5.75 Å². The van der Waals surface area contributed by atoms with Gasteiger partial charge in [0.2, 0.25) is 0 Å². The number of rotatable bonds is 3. The molecule has 0 saturated carbocycles. The van der Waals surface area contributed by atoms with Crippen LogP contribution in [0.25, 0.3) is 27.2 Å². The Labute approximate surface area is 153 Å². The Balaban J connectivity index is 1.58. The van der Waals surface area contributed by atoms with Gasteiger partial charge in [-0.05, 0) is 16.8 Å². The van der Waals surface area contributed by atoms with E-state index in [1.807, 2.05) is 54.6 Å². The lowest BCUT2D eigenvalue weighted by molar-refractivity contribution is 0.475. The molecule has 0 aliphatic rings. The van der Waals surface area contributed by atoms with Gasteiger partial charge >= 0.3 is 0 Å². The molecule has 0 spiro atoms. The van der Waals surface area contributed by atoms with Crippen molar-refractivity contribution in [2.75, 3.05) is 5.43 Å². The number of nitrogens with zero attached hydrogens (tertiary/aromatic N) is 5. The topological polar surface area (TPSA) is 87.7 Å². The second-order valence-corrected chi connectivity index (χ2v) is 6.08. The number of nitrogens with one attached hydrogen (secondary N) is 1. The van der Waals surface area contributed by atoms with Gasteiger partial charge in [0.05, 0.1) is 6.21 Å². The van der Waals surface area contributed by atoms with Gasteiger partial charge in [0.1, 0.15) is 12.1 Å². The van der Waals surface area contributed by atoms with Crippen LogP contribution in [0.1, 0.15) is 5.56 Å². The standard InChI is InChI=1S/C20H14N6O/c27-18-10-9-13-5-1-2-6-14(13)17(18)11-21-23-19-15-7-3-4-8-16(15)20-24-22-12-26(20)25-19/h1-12,27H,(H,23,25)/b21-11+. The van der Waals surface area contributed by atoms with Crippen LogP contribution in [-0.2, 0) is 0 Å². The van der Waals surface area contributed by atoms with E-state index in [-0.39, 0.29) is 5.75 Å². The zero-order valence-corrected chi connectivity index (χ0v) is 14.1. The molecule has 0 aliphatic carbocycles. The molecular weight excluding hydrogens is 340 g/mol. The molecule has 0 saturated heterocycles. The fraction of sp³-hybridized carbons (Fsp3) is 0. The molecule has 0 radical (unpaired) electrons. The largest absolute Gasteiger partial charge is 0.507 e. The Morgan fingerprint density at radius 3 is 2.59 bits per heavy atom. The zero-order chi connectivity index (χ0) is 18.2. The van der Waals surface area contributed by atoms with Crippen LogP contribution in [0.15, 0.2) is 72.1 Å². The van der Waals surface area contributed by atoms with Gasteiger partial charge in [-0.15, -0.1) is 15.3 Å². The number of anilines is 1. The van der Waals surface area contributed by atoms with Gasteiger partial charge in [-0.2, -0.15) is 9.62 Å². The number of hydrogen-bond acceptors (Lipinski definition) is 6. The molecule has 7 nitrogen and oxygen atoms in total. The third kappa shape index (κ3) is 2.53. The van der Waals surface area contributed by atoms with Gasteiger partial charge in [-0.3, -0.25) is 5.43 Å². The molecular formula is C20H14N6O. The number of phenols is 1. The Hall–Kier alpha value is -4.00. The summed E-state index contributed by atoms with van der Waals surface area (Å²) in [6.45, 7) is 0. The molecule has 5 rings (SSSR count). The van der Waals surface area contributed by atoms with Gasteiger partial charge in [0, 0.05) is 16.3 Å². The Morgan fingerprint density at radius 1 is 0.926 bits per heavy atom. The van der Waals surface area contributed by atoms with E-state index < -0.39 is 0 Å². The minimum Gasteiger partial charge on any atom is -0.507 e. The summed E-state index contributed by atoms with van der Waals surface area (Å²) < 4.78 is 1.61. The van der Waals surface area contributed by atoms with Crippen LogP contribution < -0.4 is 5.43 Å². The monoisotopic (exact) mass is 354 g/mol. The molecule has 7 heteroatoms. The van der Waals surface area contributed by atoms with Crippen molar-refractivity contribution in [1.82, 2.24) is 19.8 Å². The van der Waals surface area contributed by atoms with Crippen molar-refractivity contribution < 1.29 is 5.11 Å². The van der Waals surface area contributed by atoms with E-state index in [1.54, 1.807) is 23.1 Å². The number of fused-ring (bicyclic) bond motifs is 4. The summed E-state index contributed by atoms with van der Waals surface area (Å²) in [5.41, 5.74) is 4.32. The first-order valence-electron chi connectivity index (χ1n) is 8.40. The quantitative estimate of drug-likeness (QED) is 0.382. The highest BCUT2D eigenvalue weighted by Crippen LogP contribution is 2.26. The molecule has 2 N–H and O–H groups in total. The van der Waals surface area contributed by atoms with E-state index in [0.29, 0.717) is 17.0 Å². The van der Waals surface area contributed by atoms with Crippen LogP contribution in [0.4, 0.5) is 5.82 Å². The second kappa shape index (κ2) is 6.06. The van der Waals surface area contributed by atoms with Crippen molar-refractivity contribution in [3.63, 3.8) is 0 Å². The first-order valence-corrected chi connectivity index (χ1v) is 8.40. The first kappa shape index (κ1) is 15.3. The van der Waals surface area contributed by atoms with Crippen molar-refractivity contribution >= 4 is 39.2 Å². The highest BCUT2D eigenvalue weighted by atomic mass is 16.3. The average molecular weight is 354 g/mol. The lowest BCUT2D eigenvalue weighted by Gasteiger charge is -2.07. The van der Waals surface area contributed by atoms with Gasteiger partial charge in [0.25, 0.3) is 0 Å². The average Bonchev–Trinajstić information content (AvgIpc) is 3.18. The fourth-order valence-corrected chi connectivity index (χ4v) is 3.19. The Morgan fingerprint density at radius 2 is 1.70 bits per heavy atom. The molecule has 3 aromatic carbocycles. The maximum absolute atomic E-state index is 10.2. The van der Waals surface area contributed by atoms with E-state index in [9.17, 15) is 5.11 Å². The van der Waals surface area contributed by atoms with Crippen LogP contribution >= 0.6 is 0 Å². The molecule has 0 unspecified atom stereocenters. The maximum Gasteiger partial charge on any atom is 0.185 e. The smallest absolute Gasteiger partial charge is 0.185 e. The van der Waals surface area contributed by atoms with Crippen molar-refractivity contribution in [1.29, 1.82) is 0 Å². The summed E-state index contributed by atoms with van der Waals surface area (Å²) in [5.74, 6) is 0.750. The predicted molar refractivity (Wildman–Crippen MR) is 105 cm³/mol. The molecule has 0 bridgehead atoms. The van der Waals surface area contributed by atoms with Gasteiger partial charge in [-0.25, -0.2) is 0 Å². The van der Waals surface area contributed by atoms with Crippen molar-refractivity contribution in [3.8, 4) is 5.75 Å². The molecule has 2 heterocycles. The summed E-state index contributed by atoms with van der Waals surface area (Å²) in [4.78, 5) is 0. The molecule has 0 amide bonds. The summed E-state index contributed by atoms with van der Waals surface area (Å²) >= 11 is 0. The molecule has 27 heavy (non-hydrogen) atoms. The van der Waals surface area contributed by atoms with Crippen LogP contribution in [0.2, 0.25) is 0 Å². The molecule has 5 aromatic rings. The lowest BCUT2D eigenvalue weighted by atomic mass is 10.0. The number of phenolic OH excluding ortho intramolecular Hbond substituents is 1. The number of benzene rings is 3. The van der Waals surface area contributed by atoms with E-state index in [2.05, 4.69) is 25.8 Å². The maximum atomic E-state index is 10.2. The van der Waals surface area contributed by atoms with Crippen LogP contribution in [0, 0.1) is 0 Å². The third-order valence-corrected chi connectivity index (χ3v) is 4.47. The second-order valence-electron chi connectivity index (χ2n) is 6.08. The predicted octanol–water partition coefficient (Wildman–Crippen LogP) is 3.58. The SMILES string of the molecule is Oc1ccc2ccccc2c1/C=N/Nc1nn2cnnc2c2ccccc12. The highest BCUT2D eigenvalue weighted by Gasteiger charge is 2.09. The van der Waals surface area contributed by atoms with Crippen molar-refractivity contribution in [2.45, 2.75) is 0 Å². The number of hydrogen-bond donors (Lipinski definition) is 2.